The predicted octanol–water partition coefficient (Wildman–Crippen LogP) is 3.43. The molecule has 0 aromatic rings. The minimum Gasteiger partial charge on any atom is -0.352 e. The summed E-state index contributed by atoms with van der Waals surface area (Å²) in [5, 5.41) is 7.40. The molecule has 0 aliphatic heterocycles. The van der Waals surface area contributed by atoms with Crippen LogP contribution in [0.3, 0.4) is 0 Å². The molecule has 0 saturated heterocycles. The van der Waals surface area contributed by atoms with Gasteiger partial charge >= 0.3 is 0 Å². The lowest BCUT2D eigenvalue weighted by atomic mass is 9.64. The van der Waals surface area contributed by atoms with Gasteiger partial charge in [-0.1, -0.05) is 74.9 Å². The van der Waals surface area contributed by atoms with Gasteiger partial charge in [0.15, 0.2) is 0 Å². The lowest BCUT2D eigenvalue weighted by Gasteiger charge is -2.44. The molecular formula is C16H27NSi. The van der Waals surface area contributed by atoms with Gasteiger partial charge in [0.1, 0.15) is 9.68 Å². The summed E-state index contributed by atoms with van der Waals surface area (Å²) in [5.74, 6) is 0. The molecule has 100 valence electrons. The second-order valence-electron chi connectivity index (χ2n) is 6.20. The molecule has 0 aromatic heterocycles. The minimum absolute atomic E-state index is 0.244. The molecule has 0 unspecified atom stereocenters. The van der Waals surface area contributed by atoms with E-state index < -0.39 is 9.68 Å². The van der Waals surface area contributed by atoms with E-state index in [2.05, 4.69) is 71.1 Å². The lowest BCUT2D eigenvalue weighted by Crippen LogP contribution is -2.38. The zero-order chi connectivity index (χ0) is 13.8. The predicted molar refractivity (Wildman–Crippen MR) is 85.0 cm³/mol. The van der Waals surface area contributed by atoms with Crippen LogP contribution >= 0.6 is 0 Å². The third-order valence-corrected chi connectivity index (χ3v) is 5.81. The zero-order valence-electron chi connectivity index (χ0n) is 12.5. The highest BCUT2D eigenvalue weighted by Gasteiger charge is 2.39. The number of hydrogen-bond donors (Lipinski definition) is 1. The number of nitrogens with two attached hydrogens (primary N) is 1. The van der Waals surface area contributed by atoms with Gasteiger partial charge in [-0.15, -0.1) is 0 Å². The second-order valence-corrected chi connectivity index (χ2v) is 7.37. The van der Waals surface area contributed by atoms with Crippen molar-refractivity contribution in [2.75, 3.05) is 0 Å². The first kappa shape index (κ1) is 15.2. The van der Waals surface area contributed by atoms with Crippen LogP contribution in [0.5, 0.6) is 0 Å². The van der Waals surface area contributed by atoms with Crippen LogP contribution in [-0.2, 0) is 0 Å². The molecule has 0 saturated carbocycles. The minimum atomic E-state index is -0.516. The molecule has 2 rings (SSSR count). The molecule has 0 aromatic carbocycles. The first-order valence-corrected chi connectivity index (χ1v) is 8.26. The van der Waals surface area contributed by atoms with Crippen molar-refractivity contribution >= 4 is 9.68 Å². The van der Waals surface area contributed by atoms with Gasteiger partial charge in [-0.3, -0.25) is 0 Å². The van der Waals surface area contributed by atoms with Crippen LogP contribution in [-0.4, -0.2) is 9.68 Å². The Balaban J connectivity index is 0.000000269. The van der Waals surface area contributed by atoms with E-state index in [9.17, 15) is 0 Å². The topological polar surface area (TPSA) is 26.0 Å². The SMILES string of the molecule is C1=CCC=C1.CC1=CC(C)(C)C(C)(C)C([SiH2]N)=C1. The van der Waals surface area contributed by atoms with Crippen molar-refractivity contribution in [1.29, 1.82) is 0 Å². The number of rotatable bonds is 1. The Hall–Kier alpha value is -0.863. The summed E-state index contributed by atoms with van der Waals surface area (Å²) in [6.07, 6.45) is 14.2. The maximum atomic E-state index is 5.91. The van der Waals surface area contributed by atoms with Crippen molar-refractivity contribution in [3.05, 3.63) is 47.2 Å². The lowest BCUT2D eigenvalue weighted by molar-refractivity contribution is 0.220. The van der Waals surface area contributed by atoms with E-state index in [-0.39, 0.29) is 10.8 Å². The van der Waals surface area contributed by atoms with E-state index in [0.29, 0.717) is 0 Å². The average Bonchev–Trinajstić information content (AvgIpc) is 2.81. The van der Waals surface area contributed by atoms with Crippen molar-refractivity contribution in [3.8, 4) is 0 Å². The van der Waals surface area contributed by atoms with Gasteiger partial charge in [0.05, 0.1) is 0 Å². The third kappa shape index (κ3) is 3.33. The van der Waals surface area contributed by atoms with Gasteiger partial charge in [0.25, 0.3) is 0 Å². The molecule has 2 aliphatic carbocycles. The van der Waals surface area contributed by atoms with Crippen molar-refractivity contribution in [2.24, 2.45) is 16.2 Å². The Morgan fingerprint density at radius 3 is 2.06 bits per heavy atom. The summed E-state index contributed by atoms with van der Waals surface area (Å²) in [7, 11) is -0.516. The van der Waals surface area contributed by atoms with Crippen LogP contribution in [0.4, 0.5) is 0 Å². The van der Waals surface area contributed by atoms with E-state index in [1.54, 1.807) is 0 Å². The zero-order valence-corrected chi connectivity index (χ0v) is 13.9. The summed E-state index contributed by atoms with van der Waals surface area (Å²) >= 11 is 0. The molecule has 0 fully saturated rings. The molecular weight excluding hydrogens is 234 g/mol. The molecule has 0 radical (unpaired) electrons. The van der Waals surface area contributed by atoms with E-state index in [0.717, 1.165) is 6.42 Å². The molecule has 0 amide bonds. The van der Waals surface area contributed by atoms with E-state index in [4.69, 9.17) is 5.40 Å². The molecule has 18 heavy (non-hydrogen) atoms. The molecule has 1 nitrogen and oxygen atoms in total. The fourth-order valence-electron chi connectivity index (χ4n) is 2.37. The van der Waals surface area contributed by atoms with Crippen molar-refractivity contribution < 1.29 is 0 Å². The second kappa shape index (κ2) is 5.85. The highest BCUT2D eigenvalue weighted by molar-refractivity contribution is 6.42. The van der Waals surface area contributed by atoms with Gasteiger partial charge < -0.3 is 5.40 Å². The molecule has 0 atom stereocenters. The standard InChI is InChI=1S/C11H21NSi.C5H6/c1-8-6-9(13-12)11(4,5)10(2,3)7-8;1-2-4-5-3-1/h6-7H,12-13H2,1-5H3;1-4H,5H2. The van der Waals surface area contributed by atoms with E-state index in [1.807, 2.05) is 0 Å². The normalized spacial score (nSPS) is 23.7. The monoisotopic (exact) mass is 261 g/mol. The van der Waals surface area contributed by atoms with Crippen LogP contribution in [0.1, 0.15) is 41.0 Å². The maximum Gasteiger partial charge on any atom is 0.118 e. The molecule has 2 aliphatic rings. The summed E-state index contributed by atoms with van der Waals surface area (Å²) in [6.45, 7) is 11.4. The van der Waals surface area contributed by atoms with Gasteiger partial charge in [0.2, 0.25) is 0 Å². The van der Waals surface area contributed by atoms with Gasteiger partial charge in [0, 0.05) is 0 Å². The van der Waals surface area contributed by atoms with Crippen LogP contribution in [0.15, 0.2) is 47.2 Å². The van der Waals surface area contributed by atoms with E-state index >= 15 is 0 Å². The average molecular weight is 261 g/mol. The fourth-order valence-corrected chi connectivity index (χ4v) is 3.77. The fraction of sp³-hybridized carbons (Fsp3) is 0.500. The van der Waals surface area contributed by atoms with Gasteiger partial charge in [-0.25, -0.2) is 0 Å². The van der Waals surface area contributed by atoms with Crippen molar-refractivity contribution in [2.45, 2.75) is 41.0 Å². The van der Waals surface area contributed by atoms with E-state index in [1.165, 1.54) is 10.8 Å². The molecule has 0 heterocycles. The maximum absolute atomic E-state index is 5.91. The molecule has 2 N–H and O–H groups in total. The van der Waals surface area contributed by atoms with Gasteiger partial charge in [-0.05, 0) is 24.2 Å². The highest BCUT2D eigenvalue weighted by atomic mass is 28.2. The number of allylic oxidation sites excluding steroid dienone is 8. The number of hydrogen-bond acceptors (Lipinski definition) is 1. The van der Waals surface area contributed by atoms with Crippen molar-refractivity contribution in [1.82, 2.24) is 0 Å². The Bertz CT molecular complexity index is 399. The summed E-state index contributed by atoms with van der Waals surface area (Å²) < 4.78 is 0. The summed E-state index contributed by atoms with van der Waals surface area (Å²) in [4.78, 5) is 0. The summed E-state index contributed by atoms with van der Waals surface area (Å²) in [6, 6.07) is 0. The van der Waals surface area contributed by atoms with Crippen molar-refractivity contribution in [3.63, 3.8) is 0 Å². The Kier molecular flexibility index (Phi) is 4.94. The highest BCUT2D eigenvalue weighted by Crippen LogP contribution is 2.48. The Labute approximate surface area is 114 Å². The van der Waals surface area contributed by atoms with Crippen LogP contribution < -0.4 is 5.40 Å². The molecule has 2 heteroatoms. The van der Waals surface area contributed by atoms with Crippen LogP contribution in [0.2, 0.25) is 0 Å². The van der Waals surface area contributed by atoms with Gasteiger partial charge in [-0.2, -0.15) is 0 Å². The third-order valence-electron chi connectivity index (χ3n) is 4.28. The quantitative estimate of drug-likeness (QED) is 0.719. The molecule has 0 bridgehead atoms. The smallest absolute Gasteiger partial charge is 0.118 e. The Morgan fingerprint density at radius 2 is 1.67 bits per heavy atom. The molecule has 0 spiro atoms. The first-order chi connectivity index (χ1) is 8.31. The first-order valence-electron chi connectivity index (χ1n) is 6.73. The van der Waals surface area contributed by atoms with Crippen LogP contribution in [0.25, 0.3) is 0 Å². The summed E-state index contributed by atoms with van der Waals surface area (Å²) in [5.41, 5.74) is 1.86. The largest absolute Gasteiger partial charge is 0.352 e. The van der Waals surface area contributed by atoms with Crippen LogP contribution in [0, 0.1) is 10.8 Å². The Morgan fingerprint density at radius 1 is 1.11 bits per heavy atom.